The molecule has 1 fully saturated rings. The Morgan fingerprint density at radius 3 is 2.72 bits per heavy atom. The molecule has 3 aromatic rings. The minimum absolute atomic E-state index is 0.0217. The summed E-state index contributed by atoms with van der Waals surface area (Å²) < 4.78 is 0.960. The smallest absolute Gasteiger partial charge is 0.253 e. The van der Waals surface area contributed by atoms with Crippen LogP contribution in [0.25, 0.3) is 0 Å². The summed E-state index contributed by atoms with van der Waals surface area (Å²) in [5, 5.41) is 23.7. The molecular formula is C25H29N4O3+. The molecule has 0 radical (unpaired) electrons. The molecule has 1 aliphatic heterocycles. The second-order valence-corrected chi connectivity index (χ2v) is 8.43. The summed E-state index contributed by atoms with van der Waals surface area (Å²) in [5.41, 5.74) is 3.49. The lowest BCUT2D eigenvalue weighted by molar-refractivity contribution is -0.905. The lowest BCUT2D eigenvalue weighted by Gasteiger charge is -2.20. The van der Waals surface area contributed by atoms with Gasteiger partial charge in [0.05, 0.1) is 5.56 Å². The number of hydrogen-bond donors (Lipinski definition) is 3. The maximum absolute atomic E-state index is 12.7. The molecule has 2 aromatic heterocycles. The van der Waals surface area contributed by atoms with Crippen LogP contribution in [0, 0.1) is 0 Å². The summed E-state index contributed by atoms with van der Waals surface area (Å²) in [6.07, 6.45) is 8.52. The Labute approximate surface area is 187 Å². The average Bonchev–Trinajstić information content (AvgIpc) is 3.27. The zero-order valence-electron chi connectivity index (χ0n) is 18.1. The third-order valence-electron chi connectivity index (χ3n) is 5.98. The van der Waals surface area contributed by atoms with Gasteiger partial charge in [-0.05, 0) is 54.7 Å². The predicted octanol–water partition coefficient (Wildman–Crippen LogP) is 2.28. The standard InChI is InChI=1S/C25H29N4O3/c1-28(16-19-4-2-12-26-15-19)25(31)20-8-6-18(7-9-20)14-22-10-11-23(27-22)24(30)21-5-3-13-29(32)17-21/h2-9,12-13,15,17,22-24,27,30,32H,10-11,14,16H2,1H3/q+1/t22-,23+,24+/m0/s1. The molecule has 1 saturated heterocycles. The Kier molecular flexibility index (Phi) is 6.78. The van der Waals surface area contributed by atoms with Crippen molar-refractivity contribution in [2.24, 2.45) is 0 Å². The van der Waals surface area contributed by atoms with Crippen LogP contribution in [0.2, 0.25) is 0 Å². The minimum Gasteiger partial charge on any atom is -0.387 e. The van der Waals surface area contributed by atoms with Gasteiger partial charge in [-0.3, -0.25) is 15.0 Å². The number of benzene rings is 1. The number of carbonyl (C=O) groups is 1. The molecule has 3 atom stereocenters. The van der Waals surface area contributed by atoms with Gasteiger partial charge in [0, 0.05) is 54.4 Å². The van der Waals surface area contributed by atoms with E-state index in [0.29, 0.717) is 17.7 Å². The maximum Gasteiger partial charge on any atom is 0.253 e. The van der Waals surface area contributed by atoms with Crippen LogP contribution in [0.3, 0.4) is 0 Å². The molecule has 1 aromatic carbocycles. The SMILES string of the molecule is CN(Cc1cccnc1)C(=O)c1ccc(C[C@@H]2CC[C@H]([C@H](O)c3ccc[n+](O)c3)N2)cc1. The molecule has 0 aliphatic carbocycles. The van der Waals surface area contributed by atoms with Crippen molar-refractivity contribution < 1.29 is 19.8 Å². The molecule has 3 N–H and O–H groups in total. The lowest BCUT2D eigenvalue weighted by Crippen LogP contribution is -2.36. The van der Waals surface area contributed by atoms with Gasteiger partial charge in [-0.2, -0.15) is 0 Å². The molecule has 0 bridgehead atoms. The van der Waals surface area contributed by atoms with E-state index in [-0.39, 0.29) is 18.0 Å². The topological polar surface area (TPSA) is 89.6 Å². The molecule has 0 saturated carbocycles. The van der Waals surface area contributed by atoms with Crippen LogP contribution >= 0.6 is 0 Å². The van der Waals surface area contributed by atoms with E-state index in [1.807, 2.05) is 42.5 Å². The van der Waals surface area contributed by atoms with Crippen molar-refractivity contribution in [1.29, 1.82) is 0 Å². The van der Waals surface area contributed by atoms with Crippen LogP contribution in [-0.2, 0) is 13.0 Å². The monoisotopic (exact) mass is 433 g/mol. The Morgan fingerprint density at radius 2 is 2.00 bits per heavy atom. The molecular weight excluding hydrogens is 404 g/mol. The summed E-state index contributed by atoms with van der Waals surface area (Å²) in [4.78, 5) is 18.5. The van der Waals surface area contributed by atoms with Crippen molar-refractivity contribution >= 4 is 5.91 Å². The van der Waals surface area contributed by atoms with Crippen molar-refractivity contribution in [2.45, 2.75) is 44.0 Å². The summed E-state index contributed by atoms with van der Waals surface area (Å²) in [5.74, 6) is -0.0217. The number of hydrogen-bond acceptors (Lipinski definition) is 5. The number of aromatic nitrogens is 2. The number of amides is 1. The number of aliphatic hydroxyl groups excluding tert-OH is 1. The molecule has 0 spiro atoms. The van der Waals surface area contributed by atoms with Gasteiger partial charge >= 0.3 is 0 Å². The van der Waals surface area contributed by atoms with Crippen LogP contribution in [0.4, 0.5) is 0 Å². The van der Waals surface area contributed by atoms with Crippen molar-refractivity contribution in [1.82, 2.24) is 15.2 Å². The van der Waals surface area contributed by atoms with E-state index in [2.05, 4.69) is 10.3 Å². The van der Waals surface area contributed by atoms with E-state index < -0.39 is 6.10 Å². The zero-order valence-corrected chi connectivity index (χ0v) is 18.1. The van der Waals surface area contributed by atoms with E-state index in [0.717, 1.165) is 35.1 Å². The number of nitrogens with zero attached hydrogens (tertiary/aromatic N) is 3. The van der Waals surface area contributed by atoms with Crippen molar-refractivity contribution in [3.05, 3.63) is 95.6 Å². The number of rotatable bonds is 7. The fraction of sp³-hybridized carbons (Fsp3) is 0.320. The quantitative estimate of drug-likeness (QED) is 0.393. The van der Waals surface area contributed by atoms with Crippen molar-refractivity contribution in [2.75, 3.05) is 7.05 Å². The number of carbonyl (C=O) groups excluding carboxylic acids is 1. The highest BCUT2D eigenvalue weighted by molar-refractivity contribution is 5.94. The first kappa shape index (κ1) is 21.9. The highest BCUT2D eigenvalue weighted by Gasteiger charge is 2.31. The first-order chi connectivity index (χ1) is 15.5. The fourth-order valence-electron chi connectivity index (χ4n) is 4.27. The van der Waals surface area contributed by atoms with E-state index >= 15 is 0 Å². The number of nitrogens with one attached hydrogen (secondary N) is 1. The summed E-state index contributed by atoms with van der Waals surface area (Å²) in [6, 6.07) is 15.3. The molecule has 0 unspecified atom stereocenters. The third-order valence-corrected chi connectivity index (χ3v) is 5.98. The molecule has 166 valence electrons. The van der Waals surface area contributed by atoms with Gasteiger partial charge in [-0.15, -0.1) is 0 Å². The first-order valence-corrected chi connectivity index (χ1v) is 10.9. The summed E-state index contributed by atoms with van der Waals surface area (Å²) in [7, 11) is 1.79. The Hall–Kier alpha value is -3.29. The average molecular weight is 434 g/mol. The Morgan fingerprint density at radius 1 is 1.19 bits per heavy atom. The second kappa shape index (κ2) is 9.89. The number of aliphatic hydroxyl groups is 1. The largest absolute Gasteiger partial charge is 0.387 e. The highest BCUT2D eigenvalue weighted by atomic mass is 16.5. The first-order valence-electron chi connectivity index (χ1n) is 10.9. The van der Waals surface area contributed by atoms with Gasteiger partial charge < -0.3 is 15.3 Å². The fourth-order valence-corrected chi connectivity index (χ4v) is 4.27. The Bertz CT molecular complexity index is 1040. The van der Waals surface area contributed by atoms with Crippen LogP contribution in [-0.4, -0.2) is 45.2 Å². The van der Waals surface area contributed by atoms with Gasteiger partial charge in [-0.25, -0.2) is 0 Å². The van der Waals surface area contributed by atoms with Crippen LogP contribution < -0.4 is 10.0 Å². The van der Waals surface area contributed by atoms with Gasteiger partial charge in [-0.1, -0.05) is 18.2 Å². The number of pyridine rings is 2. The predicted molar refractivity (Wildman–Crippen MR) is 119 cm³/mol. The molecule has 3 heterocycles. The minimum atomic E-state index is -0.671. The third kappa shape index (κ3) is 5.30. The normalized spacial score (nSPS) is 18.9. The van der Waals surface area contributed by atoms with E-state index in [1.54, 1.807) is 30.4 Å². The van der Waals surface area contributed by atoms with Crippen LogP contribution in [0.1, 0.15) is 46.0 Å². The van der Waals surface area contributed by atoms with Crippen molar-refractivity contribution in [3.63, 3.8) is 0 Å². The molecule has 1 aliphatic rings. The molecule has 32 heavy (non-hydrogen) atoms. The van der Waals surface area contributed by atoms with Crippen LogP contribution in [0.15, 0.2) is 73.3 Å². The molecule has 1 amide bonds. The molecule has 7 heteroatoms. The van der Waals surface area contributed by atoms with Gasteiger partial charge in [0.25, 0.3) is 5.91 Å². The summed E-state index contributed by atoms with van der Waals surface area (Å²) >= 11 is 0. The van der Waals surface area contributed by atoms with E-state index in [9.17, 15) is 15.1 Å². The highest BCUT2D eigenvalue weighted by Crippen LogP contribution is 2.26. The van der Waals surface area contributed by atoms with E-state index in [1.165, 1.54) is 12.4 Å². The molecule has 4 rings (SSSR count). The summed E-state index contributed by atoms with van der Waals surface area (Å²) in [6.45, 7) is 0.516. The maximum atomic E-state index is 12.7. The lowest BCUT2D eigenvalue weighted by atomic mass is 10.0. The van der Waals surface area contributed by atoms with Crippen molar-refractivity contribution in [3.8, 4) is 0 Å². The van der Waals surface area contributed by atoms with Crippen LogP contribution in [0.5, 0.6) is 0 Å². The van der Waals surface area contributed by atoms with Gasteiger partial charge in [0.15, 0.2) is 0 Å². The Balaban J connectivity index is 1.31. The molecule has 7 nitrogen and oxygen atoms in total. The van der Waals surface area contributed by atoms with Gasteiger partial charge in [0.1, 0.15) is 6.10 Å². The zero-order chi connectivity index (χ0) is 22.5. The van der Waals surface area contributed by atoms with Gasteiger partial charge in [0.2, 0.25) is 12.4 Å². The second-order valence-electron chi connectivity index (χ2n) is 8.43. The van der Waals surface area contributed by atoms with E-state index in [4.69, 9.17) is 0 Å².